The number of anilines is 1. The number of hydrogen-bond donors (Lipinski definition) is 1. The fourth-order valence-electron chi connectivity index (χ4n) is 2.13. The summed E-state index contributed by atoms with van der Waals surface area (Å²) in [6.07, 6.45) is -4.93. The highest BCUT2D eigenvalue weighted by atomic mass is 32.2. The Hall–Kier alpha value is -2.30. The SMILES string of the molecule is CCS(=O)(=O)c1c(NC(=O)OC(C)(C)C)nn2cc(C(F)(F)F)ccc12. The van der Waals surface area contributed by atoms with Crippen molar-refractivity contribution in [1.82, 2.24) is 9.61 Å². The summed E-state index contributed by atoms with van der Waals surface area (Å²) in [4.78, 5) is 11.6. The smallest absolute Gasteiger partial charge is 0.417 e. The zero-order chi connectivity index (χ0) is 19.9. The van der Waals surface area contributed by atoms with Gasteiger partial charge in [0.15, 0.2) is 15.7 Å². The normalized spacial score (nSPS) is 13.0. The molecule has 1 amide bonds. The summed E-state index contributed by atoms with van der Waals surface area (Å²) >= 11 is 0. The lowest BCUT2D eigenvalue weighted by atomic mass is 10.2. The van der Waals surface area contributed by atoms with Crippen LogP contribution in [0, 0.1) is 0 Å². The van der Waals surface area contributed by atoms with Gasteiger partial charge in [-0.15, -0.1) is 5.10 Å². The lowest BCUT2D eigenvalue weighted by Gasteiger charge is -2.19. The van der Waals surface area contributed by atoms with Gasteiger partial charge in [0.05, 0.1) is 16.8 Å². The summed E-state index contributed by atoms with van der Waals surface area (Å²) in [5, 5.41) is 6.00. The number of nitrogens with zero attached hydrogens (tertiary/aromatic N) is 2. The van der Waals surface area contributed by atoms with Gasteiger partial charge in [-0.25, -0.2) is 17.7 Å². The summed E-state index contributed by atoms with van der Waals surface area (Å²) in [5.41, 5.74) is -1.93. The van der Waals surface area contributed by atoms with Crippen LogP contribution < -0.4 is 5.32 Å². The topological polar surface area (TPSA) is 89.8 Å². The molecule has 0 unspecified atom stereocenters. The number of rotatable bonds is 3. The van der Waals surface area contributed by atoms with Crippen LogP contribution in [-0.2, 0) is 20.8 Å². The molecule has 0 radical (unpaired) electrons. The van der Waals surface area contributed by atoms with Crippen molar-refractivity contribution < 1.29 is 31.1 Å². The summed E-state index contributed by atoms with van der Waals surface area (Å²) in [6.45, 7) is 6.20. The van der Waals surface area contributed by atoms with E-state index in [1.54, 1.807) is 20.8 Å². The lowest BCUT2D eigenvalue weighted by Crippen LogP contribution is -2.27. The number of ether oxygens (including phenoxy) is 1. The highest BCUT2D eigenvalue weighted by Gasteiger charge is 2.33. The van der Waals surface area contributed by atoms with Gasteiger partial charge in [0.25, 0.3) is 0 Å². The molecule has 2 aromatic rings. The predicted octanol–water partition coefficient (Wildman–Crippen LogP) is 3.49. The number of pyridine rings is 1. The summed E-state index contributed by atoms with van der Waals surface area (Å²) in [7, 11) is -3.88. The van der Waals surface area contributed by atoms with Crippen LogP contribution in [-0.4, -0.2) is 35.5 Å². The van der Waals surface area contributed by atoms with Crippen LogP contribution in [0.5, 0.6) is 0 Å². The van der Waals surface area contributed by atoms with E-state index in [4.69, 9.17) is 4.74 Å². The Morgan fingerprint density at radius 3 is 2.38 bits per heavy atom. The van der Waals surface area contributed by atoms with Crippen molar-refractivity contribution in [3.8, 4) is 0 Å². The third kappa shape index (κ3) is 4.26. The van der Waals surface area contributed by atoms with Gasteiger partial charge in [-0.05, 0) is 32.9 Å². The number of carbonyl (C=O) groups is 1. The first-order valence-corrected chi connectivity index (χ1v) is 9.22. The van der Waals surface area contributed by atoms with Gasteiger partial charge in [-0.1, -0.05) is 6.92 Å². The van der Waals surface area contributed by atoms with E-state index in [1.165, 1.54) is 6.92 Å². The third-order valence-electron chi connectivity index (χ3n) is 3.22. The molecule has 0 bridgehead atoms. The monoisotopic (exact) mass is 393 g/mol. The van der Waals surface area contributed by atoms with Crippen LogP contribution in [0.4, 0.5) is 23.8 Å². The first kappa shape index (κ1) is 20.0. The predicted molar refractivity (Wildman–Crippen MR) is 87.8 cm³/mol. The Balaban J connectivity index is 2.61. The highest BCUT2D eigenvalue weighted by molar-refractivity contribution is 7.91. The molecule has 0 saturated heterocycles. The molecular formula is C15H18F3N3O4S. The molecule has 2 rings (SSSR count). The average molecular weight is 393 g/mol. The number of fused-ring (bicyclic) bond motifs is 1. The molecule has 7 nitrogen and oxygen atoms in total. The number of sulfone groups is 1. The number of alkyl halides is 3. The number of amides is 1. The van der Waals surface area contributed by atoms with E-state index in [2.05, 4.69) is 10.4 Å². The van der Waals surface area contributed by atoms with Crippen molar-refractivity contribution >= 4 is 27.3 Å². The third-order valence-corrected chi connectivity index (χ3v) is 5.01. The second-order valence-electron chi connectivity index (χ2n) is 6.45. The summed E-state index contributed by atoms with van der Waals surface area (Å²) in [5.74, 6) is -0.710. The molecule has 0 saturated carbocycles. The van der Waals surface area contributed by atoms with Gasteiger partial charge >= 0.3 is 12.3 Å². The molecule has 0 aliphatic heterocycles. The average Bonchev–Trinajstić information content (AvgIpc) is 2.81. The lowest BCUT2D eigenvalue weighted by molar-refractivity contribution is -0.137. The van der Waals surface area contributed by atoms with Gasteiger partial charge in [0.1, 0.15) is 10.5 Å². The van der Waals surface area contributed by atoms with Crippen molar-refractivity contribution in [2.45, 2.75) is 44.4 Å². The molecule has 26 heavy (non-hydrogen) atoms. The maximum Gasteiger partial charge on any atom is 0.417 e. The van der Waals surface area contributed by atoms with Crippen molar-refractivity contribution in [1.29, 1.82) is 0 Å². The Kier molecular flexibility index (Phi) is 4.97. The van der Waals surface area contributed by atoms with Crippen LogP contribution in [0.25, 0.3) is 5.52 Å². The van der Waals surface area contributed by atoms with Crippen LogP contribution in [0.1, 0.15) is 33.3 Å². The van der Waals surface area contributed by atoms with Gasteiger partial charge in [0.2, 0.25) is 0 Å². The number of hydrogen-bond acceptors (Lipinski definition) is 5. The molecule has 1 N–H and O–H groups in total. The van der Waals surface area contributed by atoms with E-state index >= 15 is 0 Å². The van der Waals surface area contributed by atoms with E-state index in [0.717, 1.165) is 16.6 Å². The largest absolute Gasteiger partial charge is 0.444 e. The van der Waals surface area contributed by atoms with Crippen LogP contribution in [0.2, 0.25) is 0 Å². The molecule has 0 aromatic carbocycles. The number of halogens is 3. The second kappa shape index (κ2) is 6.45. The van der Waals surface area contributed by atoms with E-state index in [1.807, 2.05) is 0 Å². The van der Waals surface area contributed by atoms with Crippen LogP contribution >= 0.6 is 0 Å². The van der Waals surface area contributed by atoms with Crippen molar-refractivity contribution in [2.24, 2.45) is 0 Å². The number of aromatic nitrogens is 2. The highest BCUT2D eigenvalue weighted by Crippen LogP contribution is 2.32. The molecule has 0 spiro atoms. The zero-order valence-corrected chi connectivity index (χ0v) is 15.3. The fraction of sp³-hybridized carbons (Fsp3) is 0.467. The first-order valence-electron chi connectivity index (χ1n) is 7.57. The quantitative estimate of drug-likeness (QED) is 0.862. The molecule has 2 aromatic heterocycles. The molecule has 144 valence electrons. The molecule has 11 heteroatoms. The minimum atomic E-state index is -4.62. The molecule has 0 aliphatic rings. The van der Waals surface area contributed by atoms with E-state index in [-0.39, 0.29) is 22.0 Å². The van der Waals surface area contributed by atoms with E-state index in [0.29, 0.717) is 6.20 Å². The molecule has 2 heterocycles. The summed E-state index contributed by atoms with van der Waals surface area (Å²) < 4.78 is 69.2. The van der Waals surface area contributed by atoms with Crippen molar-refractivity contribution in [3.63, 3.8) is 0 Å². The van der Waals surface area contributed by atoms with E-state index in [9.17, 15) is 26.4 Å². The van der Waals surface area contributed by atoms with Gasteiger partial charge in [-0.2, -0.15) is 13.2 Å². The molecule has 0 atom stereocenters. The Bertz CT molecular complexity index is 943. The first-order chi connectivity index (χ1) is 11.7. The maximum absolute atomic E-state index is 12.9. The van der Waals surface area contributed by atoms with Crippen LogP contribution in [0.15, 0.2) is 23.2 Å². The Labute approximate surface area is 148 Å². The van der Waals surface area contributed by atoms with Crippen molar-refractivity contribution in [3.05, 3.63) is 23.9 Å². The molecule has 0 fully saturated rings. The maximum atomic E-state index is 12.9. The van der Waals surface area contributed by atoms with Gasteiger partial charge < -0.3 is 4.74 Å². The Morgan fingerprint density at radius 2 is 1.88 bits per heavy atom. The molecule has 0 aliphatic carbocycles. The minimum absolute atomic E-state index is 0.0779. The number of nitrogens with one attached hydrogen (secondary N) is 1. The second-order valence-corrected chi connectivity index (χ2v) is 8.67. The Morgan fingerprint density at radius 1 is 1.27 bits per heavy atom. The van der Waals surface area contributed by atoms with Gasteiger partial charge in [0, 0.05) is 6.20 Å². The summed E-state index contributed by atoms with van der Waals surface area (Å²) in [6, 6.07) is 1.75. The van der Waals surface area contributed by atoms with Crippen molar-refractivity contribution in [2.75, 3.05) is 11.1 Å². The number of carbonyl (C=O) groups excluding carboxylic acids is 1. The van der Waals surface area contributed by atoms with Gasteiger partial charge in [-0.3, -0.25) is 5.32 Å². The van der Waals surface area contributed by atoms with E-state index < -0.39 is 33.3 Å². The van der Waals surface area contributed by atoms with Crippen LogP contribution in [0.3, 0.4) is 0 Å². The minimum Gasteiger partial charge on any atom is -0.444 e. The fourth-order valence-corrected chi connectivity index (χ4v) is 3.28. The zero-order valence-electron chi connectivity index (χ0n) is 14.5. The molecular weight excluding hydrogens is 375 g/mol. The standard InChI is InChI=1S/C15H18F3N3O4S/c1-5-26(23,24)11-10-7-6-9(15(16,17)18)8-21(10)20-12(11)19-13(22)25-14(2,3)4/h6-8H,5H2,1-4H3,(H,19,20,22).